The lowest BCUT2D eigenvalue weighted by Gasteiger charge is -2.38. The molecule has 130 valence electrons. The van der Waals surface area contributed by atoms with E-state index in [1.54, 1.807) is 12.4 Å². The number of hydrogen-bond acceptors (Lipinski definition) is 4. The highest BCUT2D eigenvalue weighted by molar-refractivity contribution is 5.79. The Morgan fingerprint density at radius 2 is 2.25 bits per heavy atom. The van der Waals surface area contributed by atoms with E-state index in [4.69, 9.17) is 4.74 Å². The fourth-order valence-electron chi connectivity index (χ4n) is 3.54. The number of aromatic nitrogens is 1. The minimum atomic E-state index is 0.0487. The van der Waals surface area contributed by atoms with Crippen molar-refractivity contribution in [3.63, 3.8) is 0 Å². The molecule has 6 heteroatoms. The minimum absolute atomic E-state index is 0.0487. The summed E-state index contributed by atoms with van der Waals surface area (Å²) in [5, 5.41) is 0. The van der Waals surface area contributed by atoms with E-state index >= 15 is 0 Å². The smallest absolute Gasteiger partial charge is 0.248 e. The zero-order valence-electron chi connectivity index (χ0n) is 14.4. The van der Waals surface area contributed by atoms with Crippen molar-refractivity contribution in [1.82, 2.24) is 14.8 Å². The molecule has 0 radical (unpaired) electrons. The maximum atomic E-state index is 12.6. The van der Waals surface area contributed by atoms with E-state index in [1.165, 1.54) is 0 Å². The number of ether oxygens (including phenoxy) is 1. The predicted molar refractivity (Wildman–Crippen MR) is 89.2 cm³/mol. The molecule has 0 N–H and O–H groups in total. The first-order chi connectivity index (χ1) is 11.5. The Morgan fingerprint density at radius 1 is 1.42 bits per heavy atom. The van der Waals surface area contributed by atoms with Gasteiger partial charge in [-0.15, -0.1) is 0 Å². The monoisotopic (exact) mass is 331 g/mol. The van der Waals surface area contributed by atoms with Crippen LogP contribution in [0.25, 0.3) is 0 Å². The van der Waals surface area contributed by atoms with Gasteiger partial charge in [-0.25, -0.2) is 0 Å². The van der Waals surface area contributed by atoms with Crippen molar-refractivity contribution in [2.75, 3.05) is 26.2 Å². The molecule has 0 bridgehead atoms. The van der Waals surface area contributed by atoms with E-state index in [1.807, 2.05) is 35.8 Å². The summed E-state index contributed by atoms with van der Waals surface area (Å²) in [6.45, 7) is 6.20. The molecule has 2 saturated heterocycles. The zero-order valence-corrected chi connectivity index (χ0v) is 14.4. The van der Waals surface area contributed by atoms with Gasteiger partial charge < -0.3 is 14.5 Å². The maximum absolute atomic E-state index is 12.6. The normalized spacial score (nSPS) is 24.7. The Hall–Kier alpha value is -1.95. The highest BCUT2D eigenvalue weighted by Crippen LogP contribution is 2.25. The zero-order chi connectivity index (χ0) is 17.1. The molecule has 0 aliphatic carbocycles. The van der Waals surface area contributed by atoms with Crippen LogP contribution < -0.4 is 0 Å². The molecule has 3 heterocycles. The lowest BCUT2D eigenvalue weighted by Crippen LogP contribution is -2.50. The van der Waals surface area contributed by atoms with Gasteiger partial charge in [0, 0.05) is 44.0 Å². The van der Waals surface area contributed by atoms with Crippen LogP contribution in [0.3, 0.4) is 0 Å². The first-order valence-electron chi connectivity index (χ1n) is 8.62. The lowest BCUT2D eigenvalue weighted by atomic mass is 9.93. The third-order valence-electron chi connectivity index (χ3n) is 4.89. The van der Waals surface area contributed by atoms with Gasteiger partial charge in [-0.05, 0) is 31.9 Å². The van der Waals surface area contributed by atoms with Crippen LogP contribution in [0, 0.1) is 5.92 Å². The fraction of sp³-hybridized carbons (Fsp3) is 0.611. The number of fused-ring (bicyclic) bond motifs is 1. The maximum Gasteiger partial charge on any atom is 0.248 e. The topological polar surface area (TPSA) is 62.7 Å². The molecule has 2 aliphatic rings. The molecule has 0 saturated carbocycles. The van der Waals surface area contributed by atoms with Gasteiger partial charge >= 0.3 is 0 Å². The average Bonchev–Trinajstić information content (AvgIpc) is 2.74. The molecule has 1 aromatic heterocycles. The Morgan fingerprint density at radius 3 is 2.96 bits per heavy atom. The van der Waals surface area contributed by atoms with Crippen LogP contribution >= 0.6 is 0 Å². The van der Waals surface area contributed by atoms with Crippen molar-refractivity contribution in [2.24, 2.45) is 5.92 Å². The highest BCUT2D eigenvalue weighted by atomic mass is 16.5. The number of amides is 2. The molecule has 2 aliphatic heterocycles. The van der Waals surface area contributed by atoms with Crippen LogP contribution in [0.5, 0.6) is 0 Å². The van der Waals surface area contributed by atoms with Gasteiger partial charge in [-0.3, -0.25) is 14.6 Å². The van der Waals surface area contributed by atoms with E-state index in [-0.39, 0.29) is 36.5 Å². The van der Waals surface area contributed by atoms with Crippen molar-refractivity contribution in [2.45, 2.75) is 38.8 Å². The number of carbonyl (C=O) groups is 2. The van der Waals surface area contributed by atoms with E-state index in [0.717, 1.165) is 12.0 Å². The van der Waals surface area contributed by atoms with Crippen molar-refractivity contribution in [1.29, 1.82) is 0 Å². The van der Waals surface area contributed by atoms with Crippen LogP contribution in [0.1, 0.15) is 25.8 Å². The highest BCUT2D eigenvalue weighted by Gasteiger charge is 2.37. The number of likely N-dealkylation sites (tertiary alicyclic amines) is 1. The molecule has 6 nitrogen and oxygen atoms in total. The lowest BCUT2D eigenvalue weighted by molar-refractivity contribution is -0.138. The van der Waals surface area contributed by atoms with Crippen molar-refractivity contribution in [3.8, 4) is 0 Å². The summed E-state index contributed by atoms with van der Waals surface area (Å²) in [7, 11) is 0. The standard InChI is InChI=1S/C18H25N3O3/c1-13(2)21-11-15-10-20(7-5-16(15)24-12-18(21)23)17(22)8-14-4-3-6-19-9-14/h3-4,6,9,13,15-16H,5,7-8,10-12H2,1-2H3/t15-,16+/m1/s1. The molecule has 2 fully saturated rings. The summed E-state index contributed by atoms with van der Waals surface area (Å²) in [5.74, 6) is 0.353. The van der Waals surface area contributed by atoms with Crippen LogP contribution in [0.4, 0.5) is 0 Å². The van der Waals surface area contributed by atoms with E-state index in [0.29, 0.717) is 26.1 Å². The SMILES string of the molecule is CC(C)N1C[C@H]2CN(C(=O)Cc3cccnc3)CC[C@@H]2OCC1=O. The molecule has 24 heavy (non-hydrogen) atoms. The molecule has 1 aromatic rings. The molecular formula is C18H25N3O3. The van der Waals surface area contributed by atoms with E-state index in [2.05, 4.69) is 4.98 Å². The van der Waals surface area contributed by atoms with E-state index < -0.39 is 0 Å². The number of carbonyl (C=O) groups excluding carboxylic acids is 2. The largest absolute Gasteiger partial charge is 0.368 e. The van der Waals surface area contributed by atoms with Gasteiger partial charge in [-0.1, -0.05) is 6.07 Å². The number of hydrogen-bond donors (Lipinski definition) is 0. The molecular weight excluding hydrogens is 306 g/mol. The van der Waals surface area contributed by atoms with Crippen LogP contribution in [0.2, 0.25) is 0 Å². The summed E-state index contributed by atoms with van der Waals surface area (Å²) >= 11 is 0. The minimum Gasteiger partial charge on any atom is -0.368 e. The fourth-order valence-corrected chi connectivity index (χ4v) is 3.54. The second-order valence-electron chi connectivity index (χ2n) is 6.92. The van der Waals surface area contributed by atoms with Crippen LogP contribution in [0.15, 0.2) is 24.5 Å². The Labute approximate surface area is 142 Å². The third kappa shape index (κ3) is 3.75. The number of pyridine rings is 1. The van der Waals surface area contributed by atoms with Gasteiger partial charge in [-0.2, -0.15) is 0 Å². The van der Waals surface area contributed by atoms with Crippen molar-refractivity contribution < 1.29 is 14.3 Å². The summed E-state index contributed by atoms with van der Waals surface area (Å²) in [6.07, 6.45) is 4.68. The first kappa shape index (κ1) is 16.9. The summed E-state index contributed by atoms with van der Waals surface area (Å²) in [5.41, 5.74) is 0.931. The molecule has 0 spiro atoms. The van der Waals surface area contributed by atoms with Crippen LogP contribution in [-0.2, 0) is 20.7 Å². The van der Waals surface area contributed by atoms with Gasteiger partial charge in [0.1, 0.15) is 6.61 Å². The summed E-state index contributed by atoms with van der Waals surface area (Å²) in [4.78, 5) is 32.6. The Bertz CT molecular complexity index is 590. The predicted octanol–water partition coefficient (Wildman–Crippen LogP) is 1.11. The Kier molecular flexibility index (Phi) is 5.14. The van der Waals surface area contributed by atoms with Gasteiger partial charge in [0.2, 0.25) is 11.8 Å². The Balaban J connectivity index is 1.65. The third-order valence-corrected chi connectivity index (χ3v) is 4.89. The summed E-state index contributed by atoms with van der Waals surface area (Å²) < 4.78 is 5.81. The second-order valence-corrected chi connectivity index (χ2v) is 6.92. The molecule has 0 aromatic carbocycles. The van der Waals surface area contributed by atoms with Crippen LogP contribution in [-0.4, -0.2) is 65.0 Å². The summed E-state index contributed by atoms with van der Waals surface area (Å²) in [6, 6.07) is 3.92. The quantitative estimate of drug-likeness (QED) is 0.832. The van der Waals surface area contributed by atoms with Gasteiger partial charge in [0.25, 0.3) is 0 Å². The molecule has 2 atom stereocenters. The van der Waals surface area contributed by atoms with Crippen molar-refractivity contribution in [3.05, 3.63) is 30.1 Å². The average molecular weight is 331 g/mol. The number of rotatable bonds is 3. The molecule has 0 unspecified atom stereocenters. The van der Waals surface area contributed by atoms with E-state index in [9.17, 15) is 9.59 Å². The molecule has 2 amide bonds. The van der Waals surface area contributed by atoms with Crippen molar-refractivity contribution >= 4 is 11.8 Å². The van der Waals surface area contributed by atoms with Gasteiger partial charge in [0.15, 0.2) is 0 Å². The number of piperidine rings is 1. The molecule has 3 rings (SSSR count). The number of nitrogens with zero attached hydrogens (tertiary/aromatic N) is 3. The van der Waals surface area contributed by atoms with Gasteiger partial charge in [0.05, 0.1) is 12.5 Å². The first-order valence-corrected chi connectivity index (χ1v) is 8.62. The second kappa shape index (κ2) is 7.30.